The number of aromatic nitrogens is 2. The van der Waals surface area contributed by atoms with Crippen molar-refractivity contribution >= 4 is 16.7 Å². The summed E-state index contributed by atoms with van der Waals surface area (Å²) in [6.45, 7) is 0. The van der Waals surface area contributed by atoms with Gasteiger partial charge < -0.3 is 9.63 Å². The van der Waals surface area contributed by atoms with Gasteiger partial charge in [0.15, 0.2) is 5.76 Å². The lowest BCUT2D eigenvalue weighted by Gasteiger charge is -2.03. The van der Waals surface area contributed by atoms with Gasteiger partial charge >= 0.3 is 5.97 Å². The lowest BCUT2D eigenvalue weighted by molar-refractivity contribution is 0.0697. The summed E-state index contributed by atoms with van der Waals surface area (Å²) in [5.41, 5.74) is 0.754. The molecule has 0 saturated carbocycles. The maximum atomic E-state index is 11.1. The Hall–Kier alpha value is -2.69. The highest BCUT2D eigenvalue weighted by atomic mass is 16.5. The van der Waals surface area contributed by atoms with Gasteiger partial charge in [0.2, 0.25) is 0 Å². The van der Waals surface area contributed by atoms with E-state index < -0.39 is 5.97 Å². The number of carbonyl (C=O) groups is 1. The molecule has 2 heterocycles. The highest BCUT2D eigenvalue weighted by Gasteiger charge is 2.18. The number of rotatable bonds is 2. The van der Waals surface area contributed by atoms with Crippen LogP contribution in [0.25, 0.3) is 22.1 Å². The number of hydrogen-bond donors (Lipinski definition) is 1. The smallest absolute Gasteiger partial charge is 0.341 e. The van der Waals surface area contributed by atoms with Crippen molar-refractivity contribution in [2.45, 2.75) is 0 Å². The number of benzene rings is 1. The molecule has 0 aliphatic rings. The average molecular weight is 240 g/mol. The minimum absolute atomic E-state index is 0.0549. The Morgan fingerprint density at radius 1 is 1.22 bits per heavy atom. The molecule has 5 heteroatoms. The summed E-state index contributed by atoms with van der Waals surface area (Å²) in [6.07, 6.45) is 4.58. The summed E-state index contributed by atoms with van der Waals surface area (Å²) in [4.78, 5) is 15.1. The summed E-state index contributed by atoms with van der Waals surface area (Å²) in [5, 5.41) is 14.4. The van der Waals surface area contributed by atoms with Crippen LogP contribution in [0.3, 0.4) is 0 Å². The fourth-order valence-electron chi connectivity index (χ4n) is 1.91. The van der Waals surface area contributed by atoms with Gasteiger partial charge in [-0.25, -0.2) is 4.79 Å². The second kappa shape index (κ2) is 3.96. The van der Waals surface area contributed by atoms with Crippen LogP contribution in [0.4, 0.5) is 0 Å². The molecule has 3 aromatic rings. The van der Waals surface area contributed by atoms with Gasteiger partial charge in [-0.15, -0.1) is 0 Å². The summed E-state index contributed by atoms with van der Waals surface area (Å²) in [6, 6.07) is 7.35. The minimum atomic E-state index is -1.06. The number of fused-ring (bicyclic) bond motifs is 1. The van der Waals surface area contributed by atoms with Crippen LogP contribution in [-0.4, -0.2) is 21.2 Å². The van der Waals surface area contributed by atoms with Crippen molar-refractivity contribution in [2.24, 2.45) is 0 Å². The molecule has 0 radical (unpaired) electrons. The molecule has 0 bridgehead atoms. The largest absolute Gasteiger partial charge is 0.477 e. The van der Waals surface area contributed by atoms with Crippen LogP contribution < -0.4 is 0 Å². The molecule has 18 heavy (non-hydrogen) atoms. The van der Waals surface area contributed by atoms with Gasteiger partial charge in [0.25, 0.3) is 0 Å². The Morgan fingerprint density at radius 2 is 2.11 bits per heavy atom. The monoisotopic (exact) mass is 240 g/mol. The van der Waals surface area contributed by atoms with Crippen LogP contribution >= 0.6 is 0 Å². The second-order valence-electron chi connectivity index (χ2n) is 3.78. The summed E-state index contributed by atoms with van der Waals surface area (Å²) >= 11 is 0. The molecule has 1 N–H and O–H groups in total. The van der Waals surface area contributed by atoms with E-state index in [2.05, 4.69) is 10.1 Å². The molecule has 0 aliphatic heterocycles. The highest BCUT2D eigenvalue weighted by molar-refractivity contribution is 6.01. The Morgan fingerprint density at radius 3 is 2.94 bits per heavy atom. The van der Waals surface area contributed by atoms with Crippen molar-refractivity contribution in [3.8, 4) is 11.3 Å². The Kier molecular flexibility index (Phi) is 2.30. The molecular formula is C13H8N2O3. The SMILES string of the molecule is O=C(O)c1cnoc1-c1cccc2cnccc12. The zero-order valence-corrected chi connectivity index (χ0v) is 9.20. The summed E-state index contributed by atoms with van der Waals surface area (Å²) in [7, 11) is 0. The molecule has 0 fully saturated rings. The molecule has 0 aliphatic carbocycles. The van der Waals surface area contributed by atoms with E-state index in [0.29, 0.717) is 5.56 Å². The zero-order valence-electron chi connectivity index (χ0n) is 9.20. The molecule has 0 amide bonds. The van der Waals surface area contributed by atoms with Gasteiger partial charge in [0.1, 0.15) is 5.56 Å². The lowest BCUT2D eigenvalue weighted by atomic mass is 10.0. The normalized spacial score (nSPS) is 10.7. The van der Waals surface area contributed by atoms with Crippen molar-refractivity contribution < 1.29 is 14.4 Å². The number of pyridine rings is 1. The molecule has 3 rings (SSSR count). The molecule has 5 nitrogen and oxygen atoms in total. The Labute approximate surface area is 102 Å². The quantitative estimate of drug-likeness (QED) is 0.745. The third-order valence-electron chi connectivity index (χ3n) is 2.73. The standard InChI is InChI=1S/C13H8N2O3/c16-13(17)11-7-15-18-12(11)10-3-1-2-8-6-14-5-4-9(8)10/h1-7H,(H,16,17). The predicted octanol–water partition coefficient (Wildman–Crippen LogP) is 2.59. The van der Waals surface area contributed by atoms with Crippen molar-refractivity contribution in [3.05, 3.63) is 48.4 Å². The fraction of sp³-hybridized carbons (Fsp3) is 0. The molecule has 0 saturated heterocycles. The molecule has 2 aromatic heterocycles. The topological polar surface area (TPSA) is 76.2 Å². The van der Waals surface area contributed by atoms with Crippen molar-refractivity contribution in [1.82, 2.24) is 10.1 Å². The van der Waals surface area contributed by atoms with Gasteiger partial charge in [-0.05, 0) is 11.5 Å². The first kappa shape index (κ1) is 10.5. The van der Waals surface area contributed by atoms with E-state index in [0.717, 1.165) is 10.8 Å². The van der Waals surface area contributed by atoms with E-state index in [4.69, 9.17) is 9.63 Å². The van der Waals surface area contributed by atoms with Crippen LogP contribution in [0.1, 0.15) is 10.4 Å². The number of nitrogens with zero attached hydrogens (tertiary/aromatic N) is 2. The summed E-state index contributed by atoms with van der Waals surface area (Å²) in [5.74, 6) is -0.795. The first-order chi connectivity index (χ1) is 8.77. The van der Waals surface area contributed by atoms with Gasteiger partial charge in [0, 0.05) is 23.3 Å². The van der Waals surface area contributed by atoms with E-state index in [9.17, 15) is 4.79 Å². The van der Waals surface area contributed by atoms with Gasteiger partial charge in [0.05, 0.1) is 6.20 Å². The fourth-order valence-corrected chi connectivity index (χ4v) is 1.91. The number of aromatic carboxylic acids is 1. The first-order valence-corrected chi connectivity index (χ1v) is 5.28. The molecule has 1 aromatic carbocycles. The zero-order chi connectivity index (χ0) is 12.5. The third kappa shape index (κ3) is 1.53. The van der Waals surface area contributed by atoms with Crippen molar-refractivity contribution in [3.63, 3.8) is 0 Å². The lowest BCUT2D eigenvalue weighted by Crippen LogP contribution is -1.96. The number of carboxylic acid groups (broad SMARTS) is 1. The minimum Gasteiger partial charge on any atom is -0.477 e. The predicted molar refractivity (Wildman–Crippen MR) is 64.2 cm³/mol. The number of hydrogen-bond acceptors (Lipinski definition) is 4. The van der Waals surface area contributed by atoms with Crippen molar-refractivity contribution in [2.75, 3.05) is 0 Å². The molecule has 0 unspecified atom stereocenters. The summed E-state index contributed by atoms with van der Waals surface area (Å²) < 4.78 is 5.07. The average Bonchev–Trinajstić information content (AvgIpc) is 2.87. The molecule has 0 atom stereocenters. The van der Waals surface area contributed by atoms with E-state index in [1.807, 2.05) is 18.2 Å². The van der Waals surface area contributed by atoms with E-state index in [1.54, 1.807) is 18.5 Å². The van der Waals surface area contributed by atoms with Crippen LogP contribution in [0.15, 0.2) is 47.4 Å². The van der Waals surface area contributed by atoms with Gasteiger partial charge in [-0.1, -0.05) is 23.4 Å². The highest BCUT2D eigenvalue weighted by Crippen LogP contribution is 2.30. The van der Waals surface area contributed by atoms with Gasteiger partial charge in [-0.3, -0.25) is 4.98 Å². The Bertz CT molecular complexity index is 728. The van der Waals surface area contributed by atoms with Crippen molar-refractivity contribution in [1.29, 1.82) is 0 Å². The van der Waals surface area contributed by atoms with E-state index >= 15 is 0 Å². The maximum Gasteiger partial charge on any atom is 0.341 e. The van der Waals surface area contributed by atoms with Crippen LogP contribution in [0.2, 0.25) is 0 Å². The van der Waals surface area contributed by atoms with Crippen LogP contribution in [0.5, 0.6) is 0 Å². The van der Waals surface area contributed by atoms with E-state index in [-0.39, 0.29) is 11.3 Å². The molecule has 0 spiro atoms. The molecule has 88 valence electrons. The number of carboxylic acids is 1. The third-order valence-corrected chi connectivity index (χ3v) is 2.73. The first-order valence-electron chi connectivity index (χ1n) is 5.28. The van der Waals surface area contributed by atoms with Crippen LogP contribution in [-0.2, 0) is 0 Å². The second-order valence-corrected chi connectivity index (χ2v) is 3.78. The van der Waals surface area contributed by atoms with Gasteiger partial charge in [-0.2, -0.15) is 0 Å². The maximum absolute atomic E-state index is 11.1. The van der Waals surface area contributed by atoms with E-state index in [1.165, 1.54) is 6.20 Å². The van der Waals surface area contributed by atoms with Crippen LogP contribution in [0, 0.1) is 0 Å². The molecular weight excluding hydrogens is 232 g/mol. The Balaban J connectivity index is 2.32.